The van der Waals surface area contributed by atoms with Gasteiger partial charge in [-0.15, -0.1) is 0 Å². The summed E-state index contributed by atoms with van der Waals surface area (Å²) in [6.07, 6.45) is 3.43. The van der Waals surface area contributed by atoms with Crippen LogP contribution in [0.15, 0.2) is 28.9 Å². The second-order valence-corrected chi connectivity index (χ2v) is 7.13. The molecule has 0 bridgehead atoms. The first-order chi connectivity index (χ1) is 10.6. The average Bonchev–Trinajstić information content (AvgIpc) is 3.20. The molecule has 0 saturated carbocycles. The molecule has 0 spiro atoms. The summed E-state index contributed by atoms with van der Waals surface area (Å²) in [7, 11) is -1.96. The number of nitrogens with zero attached hydrogens (tertiary/aromatic N) is 5. The topological polar surface area (TPSA) is 92.4 Å². The van der Waals surface area contributed by atoms with Crippen LogP contribution >= 0.6 is 0 Å². The molecule has 2 aromatic rings. The van der Waals surface area contributed by atoms with Crippen LogP contribution in [0.5, 0.6) is 0 Å². The Morgan fingerprint density at radius 1 is 1.32 bits per heavy atom. The van der Waals surface area contributed by atoms with E-state index >= 15 is 0 Å². The molecule has 22 heavy (non-hydrogen) atoms. The fraction of sp³-hybridized carbons (Fsp3) is 0.462. The largest absolute Gasteiger partial charge is 0.337 e. The highest BCUT2D eigenvalue weighted by atomic mass is 32.2. The third-order valence-corrected chi connectivity index (χ3v) is 5.44. The molecule has 0 aromatic carbocycles. The van der Waals surface area contributed by atoms with Crippen molar-refractivity contribution in [2.24, 2.45) is 0 Å². The summed E-state index contributed by atoms with van der Waals surface area (Å²) in [5.74, 6) is 0.591. The third kappa shape index (κ3) is 3.01. The normalized spacial score (nSPS) is 16.5. The molecule has 118 valence electrons. The van der Waals surface area contributed by atoms with E-state index in [0.29, 0.717) is 24.6 Å². The summed E-state index contributed by atoms with van der Waals surface area (Å²) in [5.41, 5.74) is 0.586. The Balaban J connectivity index is 1.72. The van der Waals surface area contributed by atoms with Crippen molar-refractivity contribution >= 4 is 10.2 Å². The Morgan fingerprint density at radius 2 is 2.09 bits per heavy atom. The van der Waals surface area contributed by atoms with Crippen molar-refractivity contribution in [2.45, 2.75) is 19.4 Å². The highest BCUT2D eigenvalue weighted by molar-refractivity contribution is 7.86. The van der Waals surface area contributed by atoms with Gasteiger partial charge in [0, 0.05) is 26.3 Å². The number of pyridine rings is 1. The molecular formula is C13H17N5O3S. The molecule has 1 aliphatic heterocycles. The molecular weight excluding hydrogens is 306 g/mol. The van der Waals surface area contributed by atoms with Gasteiger partial charge in [-0.25, -0.2) is 0 Å². The summed E-state index contributed by atoms with van der Waals surface area (Å²) in [4.78, 5) is 8.32. The predicted molar refractivity (Wildman–Crippen MR) is 78.7 cm³/mol. The maximum absolute atomic E-state index is 12.4. The standard InChI is InChI=1S/C13H17N5O3S/c1-17(22(19,20)18-8-4-5-9-18)10-12-15-13(16-21-12)11-6-2-3-7-14-11/h2-3,6-7H,4-5,8-10H2,1H3. The minimum atomic E-state index is -3.47. The van der Waals surface area contributed by atoms with Crippen molar-refractivity contribution in [2.75, 3.05) is 20.1 Å². The van der Waals surface area contributed by atoms with E-state index in [4.69, 9.17) is 4.52 Å². The quantitative estimate of drug-likeness (QED) is 0.812. The number of rotatable bonds is 5. The summed E-state index contributed by atoms with van der Waals surface area (Å²) in [6.45, 7) is 1.17. The van der Waals surface area contributed by atoms with E-state index in [2.05, 4.69) is 15.1 Å². The van der Waals surface area contributed by atoms with Crippen molar-refractivity contribution in [1.82, 2.24) is 23.7 Å². The molecule has 9 heteroatoms. The Kier molecular flexibility index (Phi) is 4.19. The molecule has 0 unspecified atom stereocenters. The van der Waals surface area contributed by atoms with Gasteiger partial charge in [-0.3, -0.25) is 4.98 Å². The van der Waals surface area contributed by atoms with E-state index in [0.717, 1.165) is 12.8 Å². The Labute approximate surface area is 128 Å². The van der Waals surface area contributed by atoms with Crippen molar-refractivity contribution in [3.63, 3.8) is 0 Å². The van der Waals surface area contributed by atoms with Gasteiger partial charge in [0.15, 0.2) is 0 Å². The predicted octanol–water partition coefficient (Wildman–Crippen LogP) is 0.904. The number of aromatic nitrogens is 3. The van der Waals surface area contributed by atoms with E-state index in [9.17, 15) is 8.42 Å². The third-order valence-electron chi connectivity index (χ3n) is 3.51. The van der Waals surface area contributed by atoms with Gasteiger partial charge < -0.3 is 4.52 Å². The van der Waals surface area contributed by atoms with E-state index < -0.39 is 10.2 Å². The van der Waals surface area contributed by atoms with E-state index in [1.165, 1.54) is 15.7 Å². The van der Waals surface area contributed by atoms with Crippen LogP contribution in [0, 0.1) is 0 Å². The molecule has 0 N–H and O–H groups in total. The first-order valence-corrected chi connectivity index (χ1v) is 8.42. The zero-order chi connectivity index (χ0) is 15.6. The van der Waals surface area contributed by atoms with Gasteiger partial charge in [0.2, 0.25) is 11.7 Å². The molecule has 3 rings (SSSR count). The lowest BCUT2D eigenvalue weighted by atomic mass is 10.3. The van der Waals surface area contributed by atoms with Gasteiger partial charge in [0.05, 0.1) is 6.54 Å². The minimum absolute atomic E-state index is 0.0403. The first kappa shape index (κ1) is 15.1. The molecule has 1 fully saturated rings. The molecule has 1 aliphatic rings. The van der Waals surface area contributed by atoms with Gasteiger partial charge in [-0.1, -0.05) is 11.2 Å². The van der Waals surface area contributed by atoms with Crippen LogP contribution < -0.4 is 0 Å². The van der Waals surface area contributed by atoms with Crippen LogP contribution in [0.3, 0.4) is 0 Å². The summed E-state index contributed by atoms with van der Waals surface area (Å²) in [5, 5.41) is 3.84. The molecule has 0 aliphatic carbocycles. The van der Waals surface area contributed by atoms with Gasteiger partial charge >= 0.3 is 0 Å². The molecule has 1 saturated heterocycles. The van der Waals surface area contributed by atoms with Gasteiger partial charge in [-0.2, -0.15) is 22.0 Å². The number of hydrogen-bond donors (Lipinski definition) is 0. The van der Waals surface area contributed by atoms with Crippen molar-refractivity contribution in [3.05, 3.63) is 30.3 Å². The maximum Gasteiger partial charge on any atom is 0.282 e. The monoisotopic (exact) mass is 323 g/mol. The molecule has 0 radical (unpaired) electrons. The van der Waals surface area contributed by atoms with Gasteiger partial charge in [0.25, 0.3) is 10.2 Å². The fourth-order valence-corrected chi connectivity index (χ4v) is 3.69. The zero-order valence-corrected chi connectivity index (χ0v) is 13.0. The van der Waals surface area contributed by atoms with E-state index in [1.54, 1.807) is 18.3 Å². The van der Waals surface area contributed by atoms with Crippen LogP contribution in [0.25, 0.3) is 11.5 Å². The summed E-state index contributed by atoms with van der Waals surface area (Å²) >= 11 is 0. The molecule has 2 aromatic heterocycles. The molecule has 8 nitrogen and oxygen atoms in total. The van der Waals surface area contributed by atoms with Crippen LogP contribution in [0.4, 0.5) is 0 Å². The highest BCUT2D eigenvalue weighted by Crippen LogP contribution is 2.18. The van der Waals surface area contributed by atoms with Crippen molar-refractivity contribution in [1.29, 1.82) is 0 Å². The van der Waals surface area contributed by atoms with Crippen molar-refractivity contribution < 1.29 is 12.9 Å². The second kappa shape index (κ2) is 6.11. The lowest BCUT2D eigenvalue weighted by molar-refractivity contribution is 0.322. The summed E-state index contributed by atoms with van der Waals surface area (Å²) < 4.78 is 32.6. The molecule has 3 heterocycles. The Bertz CT molecular complexity index is 725. The lowest BCUT2D eigenvalue weighted by Crippen LogP contribution is -2.39. The maximum atomic E-state index is 12.4. The fourth-order valence-electron chi connectivity index (χ4n) is 2.31. The van der Waals surface area contributed by atoms with E-state index in [-0.39, 0.29) is 12.4 Å². The Hall–Kier alpha value is -1.84. The molecule has 0 amide bonds. The smallest absolute Gasteiger partial charge is 0.282 e. The number of hydrogen-bond acceptors (Lipinski definition) is 6. The van der Waals surface area contributed by atoms with Crippen LogP contribution in [-0.2, 0) is 16.8 Å². The van der Waals surface area contributed by atoms with Gasteiger partial charge in [-0.05, 0) is 25.0 Å². The second-order valence-electron chi connectivity index (χ2n) is 5.10. The first-order valence-electron chi connectivity index (χ1n) is 7.03. The van der Waals surface area contributed by atoms with Crippen LogP contribution in [0.1, 0.15) is 18.7 Å². The molecule has 0 atom stereocenters. The van der Waals surface area contributed by atoms with Gasteiger partial charge in [0.1, 0.15) is 5.69 Å². The Morgan fingerprint density at radius 3 is 2.77 bits per heavy atom. The zero-order valence-electron chi connectivity index (χ0n) is 12.2. The van der Waals surface area contributed by atoms with E-state index in [1.807, 2.05) is 6.07 Å². The summed E-state index contributed by atoms with van der Waals surface area (Å²) in [6, 6.07) is 5.38. The van der Waals surface area contributed by atoms with Crippen molar-refractivity contribution in [3.8, 4) is 11.5 Å². The highest BCUT2D eigenvalue weighted by Gasteiger charge is 2.30. The van der Waals surface area contributed by atoms with Crippen LogP contribution in [-0.4, -0.2) is 52.3 Å². The average molecular weight is 323 g/mol. The SMILES string of the molecule is CN(Cc1nc(-c2ccccn2)no1)S(=O)(=O)N1CCCC1. The minimum Gasteiger partial charge on any atom is -0.337 e. The van der Waals surface area contributed by atoms with Crippen LogP contribution in [0.2, 0.25) is 0 Å². The lowest BCUT2D eigenvalue weighted by Gasteiger charge is -2.22.